The predicted molar refractivity (Wildman–Crippen MR) is 91.4 cm³/mol. The highest BCUT2D eigenvalue weighted by molar-refractivity contribution is 5.95. The molecule has 1 aliphatic carbocycles. The molecule has 1 aromatic rings. The van der Waals surface area contributed by atoms with Gasteiger partial charge in [0.25, 0.3) is 5.91 Å². The lowest BCUT2D eigenvalue weighted by atomic mass is 9.94. The number of hydrogen-bond acceptors (Lipinski definition) is 5. The Labute approximate surface area is 148 Å². The summed E-state index contributed by atoms with van der Waals surface area (Å²) in [5.74, 6) is 0.737. The number of carbonyl (C=O) groups excluding carboxylic acids is 2. The zero-order valence-electron chi connectivity index (χ0n) is 15.4. The molecule has 0 N–H and O–H groups in total. The molecule has 2 heterocycles. The van der Waals surface area contributed by atoms with E-state index in [1.807, 2.05) is 27.8 Å². The molecule has 2 fully saturated rings. The Kier molecular flexibility index (Phi) is 4.75. The zero-order chi connectivity index (χ0) is 18.2. The van der Waals surface area contributed by atoms with E-state index < -0.39 is 5.60 Å². The summed E-state index contributed by atoms with van der Waals surface area (Å²) in [5, 5.41) is 4.02. The molecule has 7 nitrogen and oxygen atoms in total. The van der Waals surface area contributed by atoms with Crippen LogP contribution in [0.2, 0.25) is 0 Å². The van der Waals surface area contributed by atoms with Crippen LogP contribution in [0.15, 0.2) is 10.8 Å². The zero-order valence-corrected chi connectivity index (χ0v) is 15.4. The number of amides is 2. The molecule has 0 atom stereocenters. The first-order chi connectivity index (χ1) is 11.7. The first-order valence-corrected chi connectivity index (χ1v) is 8.92. The summed E-state index contributed by atoms with van der Waals surface area (Å²) < 4.78 is 10.4. The van der Waals surface area contributed by atoms with E-state index >= 15 is 0 Å². The number of nitrogens with zero attached hydrogens (tertiary/aromatic N) is 3. The van der Waals surface area contributed by atoms with E-state index in [0.29, 0.717) is 24.3 Å². The topological polar surface area (TPSA) is 75.9 Å². The lowest BCUT2D eigenvalue weighted by Crippen LogP contribution is -2.50. The van der Waals surface area contributed by atoms with Crippen molar-refractivity contribution in [2.75, 3.05) is 26.7 Å². The van der Waals surface area contributed by atoms with Crippen LogP contribution in [0.1, 0.15) is 62.0 Å². The molecule has 2 amide bonds. The maximum absolute atomic E-state index is 12.6. The molecule has 25 heavy (non-hydrogen) atoms. The Balaban J connectivity index is 1.55. The molecule has 0 unspecified atom stereocenters. The van der Waals surface area contributed by atoms with Gasteiger partial charge in [-0.15, -0.1) is 0 Å². The second-order valence-corrected chi connectivity index (χ2v) is 8.15. The van der Waals surface area contributed by atoms with Crippen molar-refractivity contribution >= 4 is 12.0 Å². The van der Waals surface area contributed by atoms with Gasteiger partial charge in [-0.2, -0.15) is 0 Å². The third-order valence-electron chi connectivity index (χ3n) is 4.66. The summed E-state index contributed by atoms with van der Waals surface area (Å²) in [4.78, 5) is 28.0. The Hall–Kier alpha value is -2.05. The van der Waals surface area contributed by atoms with Crippen LogP contribution >= 0.6 is 0 Å². The van der Waals surface area contributed by atoms with E-state index in [-0.39, 0.29) is 17.9 Å². The molecule has 1 saturated carbocycles. The van der Waals surface area contributed by atoms with Gasteiger partial charge in [0.15, 0.2) is 0 Å². The molecule has 0 bridgehead atoms. The van der Waals surface area contributed by atoms with Crippen LogP contribution < -0.4 is 0 Å². The Bertz CT molecular complexity index is 639. The van der Waals surface area contributed by atoms with Gasteiger partial charge in [-0.05, 0) is 33.1 Å². The number of likely N-dealkylation sites (tertiary alicyclic amines) is 1. The van der Waals surface area contributed by atoms with Gasteiger partial charge in [0.2, 0.25) is 0 Å². The lowest BCUT2D eigenvalue weighted by molar-refractivity contribution is 0.00759. The molecule has 0 spiro atoms. The molecule has 138 valence electrons. The van der Waals surface area contributed by atoms with Crippen molar-refractivity contribution in [2.45, 2.75) is 51.6 Å². The molecule has 1 aliphatic heterocycles. The summed E-state index contributed by atoms with van der Waals surface area (Å²) in [7, 11) is 1.81. The number of aromatic nitrogens is 1. The minimum atomic E-state index is -0.512. The Morgan fingerprint density at radius 3 is 2.64 bits per heavy atom. The normalized spacial score (nSPS) is 18.0. The quantitative estimate of drug-likeness (QED) is 0.817. The summed E-state index contributed by atoms with van der Waals surface area (Å²) >= 11 is 0. The molecule has 3 rings (SSSR count). The smallest absolute Gasteiger partial charge is 0.410 e. The van der Waals surface area contributed by atoms with E-state index in [1.54, 1.807) is 9.80 Å². The Morgan fingerprint density at radius 2 is 2.04 bits per heavy atom. The van der Waals surface area contributed by atoms with Gasteiger partial charge in [-0.25, -0.2) is 4.79 Å². The van der Waals surface area contributed by atoms with Crippen LogP contribution in [-0.4, -0.2) is 59.2 Å². The predicted octanol–water partition coefficient (Wildman–Crippen LogP) is 2.88. The molecule has 0 aromatic carbocycles. The van der Waals surface area contributed by atoms with Crippen LogP contribution in [0.5, 0.6) is 0 Å². The van der Waals surface area contributed by atoms with Crippen LogP contribution in [0.3, 0.4) is 0 Å². The number of hydrogen-bond donors (Lipinski definition) is 0. The molecular formula is C18H27N3O4. The van der Waals surface area contributed by atoms with Crippen LogP contribution in [-0.2, 0) is 4.74 Å². The summed E-state index contributed by atoms with van der Waals surface area (Å²) in [5.41, 5.74) is 0.636. The minimum Gasteiger partial charge on any atom is -0.444 e. The highest BCUT2D eigenvalue weighted by Crippen LogP contribution is 2.33. The molecule has 1 saturated heterocycles. The van der Waals surface area contributed by atoms with Crippen molar-refractivity contribution in [3.05, 3.63) is 17.5 Å². The van der Waals surface area contributed by atoms with Gasteiger partial charge in [-0.1, -0.05) is 18.0 Å². The minimum absolute atomic E-state index is 0.0158. The summed E-state index contributed by atoms with van der Waals surface area (Å²) in [6.45, 7) is 7.26. The average molecular weight is 349 g/mol. The maximum Gasteiger partial charge on any atom is 0.410 e. The summed E-state index contributed by atoms with van der Waals surface area (Å²) in [6.07, 6.45) is 4.70. The fourth-order valence-electron chi connectivity index (χ4n) is 2.92. The van der Waals surface area contributed by atoms with Gasteiger partial charge in [-0.3, -0.25) is 4.79 Å². The molecule has 0 radical (unpaired) electrons. The SMILES string of the molecule is CN(CCC1CC1)C(=O)c1conc1C1CN(C(=O)OC(C)(C)C)C1. The Morgan fingerprint density at radius 1 is 1.36 bits per heavy atom. The highest BCUT2D eigenvalue weighted by atomic mass is 16.6. The van der Waals surface area contributed by atoms with Gasteiger partial charge >= 0.3 is 6.09 Å². The highest BCUT2D eigenvalue weighted by Gasteiger charge is 2.38. The first-order valence-electron chi connectivity index (χ1n) is 8.92. The largest absolute Gasteiger partial charge is 0.444 e. The van der Waals surface area contributed by atoms with Crippen LogP contribution in [0.4, 0.5) is 4.79 Å². The maximum atomic E-state index is 12.6. The fraction of sp³-hybridized carbons (Fsp3) is 0.722. The number of carbonyl (C=O) groups is 2. The van der Waals surface area contributed by atoms with Gasteiger partial charge in [0, 0.05) is 32.6 Å². The molecule has 7 heteroatoms. The van der Waals surface area contributed by atoms with E-state index in [2.05, 4.69) is 5.16 Å². The molecule has 1 aromatic heterocycles. The number of ether oxygens (including phenoxy) is 1. The lowest BCUT2D eigenvalue weighted by Gasteiger charge is -2.39. The van der Waals surface area contributed by atoms with E-state index in [1.165, 1.54) is 19.1 Å². The van der Waals surface area contributed by atoms with Crippen molar-refractivity contribution in [1.29, 1.82) is 0 Å². The van der Waals surface area contributed by atoms with E-state index in [4.69, 9.17) is 9.26 Å². The fourth-order valence-corrected chi connectivity index (χ4v) is 2.92. The summed E-state index contributed by atoms with van der Waals surface area (Å²) in [6, 6.07) is 0. The molecular weight excluding hydrogens is 322 g/mol. The second-order valence-electron chi connectivity index (χ2n) is 8.15. The number of rotatable bonds is 5. The van der Waals surface area contributed by atoms with Crippen molar-refractivity contribution in [3.8, 4) is 0 Å². The standard InChI is InChI=1S/C18H27N3O4/c1-18(2,3)25-17(23)21-9-13(10-21)15-14(11-24-19-15)16(22)20(4)8-7-12-5-6-12/h11-13H,5-10H2,1-4H3. The van der Waals surface area contributed by atoms with E-state index in [0.717, 1.165) is 18.9 Å². The van der Waals surface area contributed by atoms with Crippen molar-refractivity contribution < 1.29 is 18.8 Å². The van der Waals surface area contributed by atoms with Crippen LogP contribution in [0.25, 0.3) is 0 Å². The van der Waals surface area contributed by atoms with E-state index in [9.17, 15) is 9.59 Å². The van der Waals surface area contributed by atoms with Gasteiger partial charge in [0.1, 0.15) is 23.1 Å². The second kappa shape index (κ2) is 6.69. The third kappa shape index (κ3) is 4.32. The van der Waals surface area contributed by atoms with Gasteiger partial charge in [0.05, 0.1) is 0 Å². The van der Waals surface area contributed by atoms with Crippen molar-refractivity contribution in [3.63, 3.8) is 0 Å². The third-order valence-corrected chi connectivity index (χ3v) is 4.66. The van der Waals surface area contributed by atoms with Gasteiger partial charge < -0.3 is 19.1 Å². The van der Waals surface area contributed by atoms with Crippen molar-refractivity contribution in [2.24, 2.45) is 5.92 Å². The molecule has 2 aliphatic rings. The first kappa shape index (κ1) is 17.8. The monoisotopic (exact) mass is 349 g/mol. The average Bonchev–Trinajstić information content (AvgIpc) is 3.17. The van der Waals surface area contributed by atoms with Crippen molar-refractivity contribution in [1.82, 2.24) is 15.0 Å². The van der Waals surface area contributed by atoms with Crippen LogP contribution in [0, 0.1) is 5.92 Å².